The van der Waals surface area contributed by atoms with Crippen LogP contribution in [0.3, 0.4) is 0 Å². The van der Waals surface area contributed by atoms with Gasteiger partial charge in [-0.2, -0.15) is 0 Å². The standard InChI is InChI=1S/C24H25Cl2N5/c1-15-11-23(19-13-17(25)3-5-21(19)30-15)28-9-7-27-8-10-29-24-12-16(2)31-22-6-4-18(26)14-20(22)24/h3-6,11-14,27H,7-10H2,1-2H3,(H,28,30)(H,29,31). The van der Waals surface area contributed by atoms with Crippen molar-refractivity contribution in [2.24, 2.45) is 0 Å². The van der Waals surface area contributed by atoms with Crippen LogP contribution in [0.2, 0.25) is 10.0 Å². The number of aryl methyl sites for hydroxylation is 2. The van der Waals surface area contributed by atoms with Gasteiger partial charge in [0.2, 0.25) is 0 Å². The van der Waals surface area contributed by atoms with Gasteiger partial charge in [-0.25, -0.2) is 0 Å². The minimum absolute atomic E-state index is 0.713. The second-order valence-corrected chi connectivity index (χ2v) is 8.42. The Morgan fingerprint density at radius 1 is 0.645 bits per heavy atom. The molecule has 0 aliphatic carbocycles. The lowest BCUT2D eigenvalue weighted by Gasteiger charge is -2.13. The van der Waals surface area contributed by atoms with Gasteiger partial charge < -0.3 is 16.0 Å². The first-order chi connectivity index (χ1) is 15.0. The van der Waals surface area contributed by atoms with Crippen LogP contribution in [0.25, 0.3) is 21.8 Å². The summed E-state index contributed by atoms with van der Waals surface area (Å²) in [7, 11) is 0. The van der Waals surface area contributed by atoms with E-state index in [9.17, 15) is 0 Å². The summed E-state index contributed by atoms with van der Waals surface area (Å²) in [5.74, 6) is 0. The van der Waals surface area contributed by atoms with Crippen molar-refractivity contribution in [3.63, 3.8) is 0 Å². The minimum atomic E-state index is 0.713. The number of fused-ring (bicyclic) bond motifs is 2. The number of pyridine rings is 2. The van der Waals surface area contributed by atoms with Crippen molar-refractivity contribution in [1.82, 2.24) is 15.3 Å². The van der Waals surface area contributed by atoms with E-state index in [0.29, 0.717) is 10.0 Å². The van der Waals surface area contributed by atoms with Crippen molar-refractivity contribution in [2.45, 2.75) is 13.8 Å². The average molecular weight is 454 g/mol. The maximum absolute atomic E-state index is 6.17. The number of anilines is 2. The smallest absolute Gasteiger partial charge is 0.0726 e. The third-order valence-electron chi connectivity index (χ3n) is 5.03. The summed E-state index contributed by atoms with van der Waals surface area (Å²) in [4.78, 5) is 9.15. The highest BCUT2D eigenvalue weighted by molar-refractivity contribution is 6.31. The van der Waals surface area contributed by atoms with Gasteiger partial charge in [0.25, 0.3) is 0 Å². The largest absolute Gasteiger partial charge is 0.383 e. The zero-order valence-electron chi connectivity index (χ0n) is 17.6. The van der Waals surface area contributed by atoms with E-state index in [1.807, 2.05) is 50.2 Å². The van der Waals surface area contributed by atoms with E-state index in [0.717, 1.165) is 70.7 Å². The summed E-state index contributed by atoms with van der Waals surface area (Å²) in [6.07, 6.45) is 0. The second kappa shape index (κ2) is 9.69. The quantitative estimate of drug-likeness (QED) is 0.293. The SMILES string of the molecule is Cc1cc(NCCNCCNc2cc(C)nc3ccc(Cl)cc23)c2cc(Cl)ccc2n1. The number of nitrogens with zero attached hydrogens (tertiary/aromatic N) is 2. The number of nitrogens with one attached hydrogen (secondary N) is 3. The van der Waals surface area contributed by atoms with Gasteiger partial charge in [-0.05, 0) is 62.4 Å². The van der Waals surface area contributed by atoms with Crippen LogP contribution in [-0.4, -0.2) is 36.1 Å². The van der Waals surface area contributed by atoms with Gasteiger partial charge in [-0.15, -0.1) is 0 Å². The monoisotopic (exact) mass is 453 g/mol. The molecule has 0 unspecified atom stereocenters. The molecule has 0 radical (unpaired) electrons. The lowest BCUT2D eigenvalue weighted by molar-refractivity contribution is 0.719. The molecule has 2 aromatic carbocycles. The van der Waals surface area contributed by atoms with E-state index in [1.54, 1.807) is 0 Å². The van der Waals surface area contributed by atoms with Gasteiger partial charge in [-0.3, -0.25) is 9.97 Å². The van der Waals surface area contributed by atoms with Crippen molar-refractivity contribution < 1.29 is 0 Å². The van der Waals surface area contributed by atoms with Crippen LogP contribution in [0.5, 0.6) is 0 Å². The van der Waals surface area contributed by atoms with Crippen LogP contribution in [0.15, 0.2) is 48.5 Å². The fourth-order valence-corrected chi connectivity index (χ4v) is 3.99. The Bertz CT molecular complexity index is 1130. The first-order valence-corrected chi connectivity index (χ1v) is 11.1. The molecule has 0 fully saturated rings. The van der Waals surface area contributed by atoms with Gasteiger partial charge in [0.05, 0.1) is 11.0 Å². The maximum Gasteiger partial charge on any atom is 0.0726 e. The first kappa shape index (κ1) is 21.6. The molecule has 4 aromatic rings. The lowest BCUT2D eigenvalue weighted by Crippen LogP contribution is -2.27. The van der Waals surface area contributed by atoms with Gasteiger partial charge in [0, 0.05) is 69.8 Å². The summed E-state index contributed by atoms with van der Waals surface area (Å²) < 4.78 is 0. The summed E-state index contributed by atoms with van der Waals surface area (Å²) >= 11 is 12.3. The number of benzene rings is 2. The van der Waals surface area contributed by atoms with Gasteiger partial charge in [-0.1, -0.05) is 23.2 Å². The van der Waals surface area contributed by atoms with Gasteiger partial charge in [0.15, 0.2) is 0 Å². The lowest BCUT2D eigenvalue weighted by atomic mass is 10.1. The van der Waals surface area contributed by atoms with Crippen LogP contribution in [0.4, 0.5) is 11.4 Å². The van der Waals surface area contributed by atoms with Gasteiger partial charge in [0.1, 0.15) is 0 Å². The van der Waals surface area contributed by atoms with Crippen molar-refractivity contribution in [2.75, 3.05) is 36.8 Å². The van der Waals surface area contributed by atoms with Gasteiger partial charge >= 0.3 is 0 Å². The van der Waals surface area contributed by atoms with Crippen LogP contribution in [0, 0.1) is 13.8 Å². The Hall–Kier alpha value is -2.60. The van der Waals surface area contributed by atoms with E-state index >= 15 is 0 Å². The first-order valence-electron chi connectivity index (χ1n) is 10.3. The van der Waals surface area contributed by atoms with E-state index in [2.05, 4.69) is 38.1 Å². The van der Waals surface area contributed by atoms with Crippen LogP contribution in [0.1, 0.15) is 11.4 Å². The second-order valence-electron chi connectivity index (χ2n) is 7.55. The van der Waals surface area contributed by atoms with Crippen molar-refractivity contribution in [3.8, 4) is 0 Å². The predicted molar refractivity (Wildman–Crippen MR) is 133 cm³/mol. The van der Waals surface area contributed by atoms with E-state index in [4.69, 9.17) is 23.2 Å². The highest BCUT2D eigenvalue weighted by Crippen LogP contribution is 2.27. The Kier molecular flexibility index (Phi) is 6.76. The predicted octanol–water partition coefficient (Wildman–Crippen LogP) is 5.82. The molecule has 0 spiro atoms. The molecule has 3 N–H and O–H groups in total. The normalized spacial score (nSPS) is 11.2. The van der Waals surface area contributed by atoms with Crippen LogP contribution < -0.4 is 16.0 Å². The molecule has 2 aromatic heterocycles. The number of hydrogen-bond donors (Lipinski definition) is 3. The highest BCUT2D eigenvalue weighted by atomic mass is 35.5. The number of halogens is 2. The Labute approximate surface area is 192 Å². The zero-order chi connectivity index (χ0) is 21.8. The Balaban J connectivity index is 1.28. The molecular formula is C24H25Cl2N5. The van der Waals surface area contributed by atoms with Crippen molar-refractivity contribution in [1.29, 1.82) is 0 Å². The fraction of sp³-hybridized carbons (Fsp3) is 0.250. The van der Waals surface area contributed by atoms with Crippen molar-refractivity contribution in [3.05, 3.63) is 70.0 Å². The number of aromatic nitrogens is 2. The molecule has 0 saturated carbocycles. The number of hydrogen-bond acceptors (Lipinski definition) is 5. The Morgan fingerprint density at radius 2 is 1.10 bits per heavy atom. The molecule has 0 aliphatic rings. The topological polar surface area (TPSA) is 61.9 Å². The summed E-state index contributed by atoms with van der Waals surface area (Å²) in [5, 5.41) is 14.0. The summed E-state index contributed by atoms with van der Waals surface area (Å²) in [6.45, 7) is 7.29. The molecule has 0 aliphatic heterocycles. The van der Waals surface area contributed by atoms with E-state index in [1.165, 1.54) is 0 Å². The minimum Gasteiger partial charge on any atom is -0.383 e. The summed E-state index contributed by atoms with van der Waals surface area (Å²) in [6, 6.07) is 15.7. The third-order valence-corrected chi connectivity index (χ3v) is 5.50. The van der Waals surface area contributed by atoms with E-state index < -0.39 is 0 Å². The van der Waals surface area contributed by atoms with E-state index in [-0.39, 0.29) is 0 Å². The molecule has 31 heavy (non-hydrogen) atoms. The zero-order valence-corrected chi connectivity index (χ0v) is 19.1. The average Bonchev–Trinajstić information content (AvgIpc) is 2.73. The van der Waals surface area contributed by atoms with Crippen LogP contribution in [-0.2, 0) is 0 Å². The molecule has 0 atom stereocenters. The molecule has 4 rings (SSSR count). The fourth-order valence-electron chi connectivity index (χ4n) is 3.65. The molecule has 5 nitrogen and oxygen atoms in total. The van der Waals surface area contributed by atoms with Crippen molar-refractivity contribution >= 4 is 56.4 Å². The molecule has 160 valence electrons. The third kappa shape index (κ3) is 5.37. The van der Waals surface area contributed by atoms with Crippen LogP contribution >= 0.6 is 23.2 Å². The Morgan fingerprint density at radius 3 is 1.55 bits per heavy atom. The highest BCUT2D eigenvalue weighted by Gasteiger charge is 2.06. The molecule has 0 bridgehead atoms. The molecular weight excluding hydrogens is 429 g/mol. The molecule has 0 saturated heterocycles. The summed E-state index contributed by atoms with van der Waals surface area (Å²) in [5.41, 5.74) is 5.97. The maximum atomic E-state index is 6.17. The number of rotatable bonds is 8. The molecule has 0 amide bonds. The molecule has 7 heteroatoms. The molecule has 2 heterocycles.